The van der Waals surface area contributed by atoms with Gasteiger partial charge in [-0.25, -0.2) is 4.79 Å². The van der Waals surface area contributed by atoms with Gasteiger partial charge in [0.15, 0.2) is 0 Å². The Morgan fingerprint density at radius 1 is 1.12 bits per heavy atom. The van der Waals surface area contributed by atoms with Crippen molar-refractivity contribution in [2.45, 2.75) is 57.4 Å². The molecule has 7 nitrogen and oxygen atoms in total. The zero-order chi connectivity index (χ0) is 17.4. The van der Waals surface area contributed by atoms with Crippen LogP contribution in [0.4, 0.5) is 0 Å². The summed E-state index contributed by atoms with van der Waals surface area (Å²) in [4.78, 5) is 45.4. The number of aromatic nitrogens is 2. The van der Waals surface area contributed by atoms with Crippen molar-refractivity contribution in [1.82, 2.24) is 19.8 Å². The Bertz CT molecular complexity index is 718. The number of piperidine rings is 2. The number of aromatic amines is 2. The van der Waals surface area contributed by atoms with Gasteiger partial charge in [0.2, 0.25) is 5.91 Å². The molecule has 1 aromatic heterocycles. The lowest BCUT2D eigenvalue weighted by Gasteiger charge is -2.49. The first-order valence-corrected chi connectivity index (χ1v) is 9.43. The molecule has 25 heavy (non-hydrogen) atoms. The van der Waals surface area contributed by atoms with Crippen LogP contribution in [0.15, 0.2) is 11.0 Å². The number of carbonyl (C=O) groups excluding carboxylic acids is 2. The minimum Gasteiger partial charge on any atom is -0.339 e. The molecular formula is C18H26N4O3. The first-order valence-electron chi connectivity index (χ1n) is 9.43. The minimum absolute atomic E-state index is 0.0149. The predicted molar refractivity (Wildman–Crippen MR) is 92.2 cm³/mol. The van der Waals surface area contributed by atoms with E-state index in [-0.39, 0.29) is 22.9 Å². The molecule has 7 heteroatoms. The molecule has 2 aliphatic heterocycles. The lowest BCUT2D eigenvalue weighted by molar-refractivity contribution is -0.142. The van der Waals surface area contributed by atoms with E-state index < -0.39 is 0 Å². The number of hydrogen-bond donors (Lipinski definition) is 2. The number of hydrogen-bond acceptors (Lipinski definition) is 3. The van der Waals surface area contributed by atoms with Crippen molar-refractivity contribution in [3.8, 4) is 0 Å². The van der Waals surface area contributed by atoms with Gasteiger partial charge in [-0.15, -0.1) is 0 Å². The number of rotatable bonds is 2. The summed E-state index contributed by atoms with van der Waals surface area (Å²) in [6, 6.07) is 0.400. The van der Waals surface area contributed by atoms with Crippen molar-refractivity contribution < 1.29 is 9.59 Å². The molecule has 2 N–H and O–H groups in total. The highest BCUT2D eigenvalue weighted by atomic mass is 16.2. The molecule has 1 aromatic rings. The fourth-order valence-electron chi connectivity index (χ4n) is 4.93. The van der Waals surface area contributed by atoms with Gasteiger partial charge in [0, 0.05) is 43.7 Å². The summed E-state index contributed by atoms with van der Waals surface area (Å²) in [6.07, 6.45) is 9.59. The van der Waals surface area contributed by atoms with Crippen molar-refractivity contribution in [3.63, 3.8) is 0 Å². The first-order chi connectivity index (χ1) is 12.1. The van der Waals surface area contributed by atoms with Crippen LogP contribution in [-0.2, 0) is 4.79 Å². The van der Waals surface area contributed by atoms with Gasteiger partial charge in [0.25, 0.3) is 5.91 Å². The second-order valence-electron chi connectivity index (χ2n) is 7.95. The van der Waals surface area contributed by atoms with E-state index in [1.54, 1.807) is 0 Å². The number of imidazole rings is 1. The van der Waals surface area contributed by atoms with E-state index in [9.17, 15) is 14.4 Å². The average molecular weight is 346 g/mol. The van der Waals surface area contributed by atoms with E-state index in [1.807, 2.05) is 4.90 Å². The Kier molecular flexibility index (Phi) is 4.17. The molecule has 1 aliphatic carbocycles. The van der Waals surface area contributed by atoms with Gasteiger partial charge < -0.3 is 19.8 Å². The van der Waals surface area contributed by atoms with Gasteiger partial charge >= 0.3 is 5.69 Å². The highest BCUT2D eigenvalue weighted by molar-refractivity contribution is 5.92. The van der Waals surface area contributed by atoms with Crippen LogP contribution in [0.25, 0.3) is 0 Å². The van der Waals surface area contributed by atoms with Crippen molar-refractivity contribution in [2.24, 2.45) is 5.41 Å². The molecule has 0 unspecified atom stereocenters. The molecule has 4 rings (SSSR count). The molecule has 0 aromatic carbocycles. The fraction of sp³-hybridized carbons (Fsp3) is 0.722. The Labute approximate surface area is 146 Å². The van der Waals surface area contributed by atoms with E-state index in [1.165, 1.54) is 19.0 Å². The molecule has 1 saturated carbocycles. The average Bonchev–Trinajstić information content (AvgIpc) is 3.28. The number of H-pyrrole nitrogens is 2. The van der Waals surface area contributed by atoms with Crippen LogP contribution in [0.2, 0.25) is 0 Å². The molecule has 1 spiro atoms. The molecule has 0 radical (unpaired) electrons. The zero-order valence-electron chi connectivity index (χ0n) is 14.6. The third-order valence-electron chi connectivity index (χ3n) is 6.24. The van der Waals surface area contributed by atoms with Crippen molar-refractivity contribution in [3.05, 3.63) is 22.4 Å². The van der Waals surface area contributed by atoms with E-state index in [0.29, 0.717) is 31.2 Å². The number of amides is 2. The van der Waals surface area contributed by atoms with Gasteiger partial charge in [-0.3, -0.25) is 9.59 Å². The molecule has 3 aliphatic rings. The lowest BCUT2D eigenvalue weighted by atomic mass is 9.73. The Hall–Kier alpha value is -2.05. The summed E-state index contributed by atoms with van der Waals surface area (Å²) in [5.74, 6) is 0.165. The van der Waals surface area contributed by atoms with E-state index in [0.717, 1.165) is 38.6 Å². The van der Waals surface area contributed by atoms with Gasteiger partial charge in [-0.2, -0.15) is 0 Å². The zero-order valence-corrected chi connectivity index (χ0v) is 14.6. The van der Waals surface area contributed by atoms with Crippen LogP contribution in [0.3, 0.4) is 0 Å². The topological polar surface area (TPSA) is 89.3 Å². The van der Waals surface area contributed by atoms with Crippen molar-refractivity contribution >= 4 is 11.8 Å². The Morgan fingerprint density at radius 2 is 1.92 bits per heavy atom. The summed E-state index contributed by atoms with van der Waals surface area (Å²) in [5, 5.41) is 0. The predicted octanol–water partition coefficient (Wildman–Crippen LogP) is 1.49. The molecule has 3 fully saturated rings. The van der Waals surface area contributed by atoms with Gasteiger partial charge in [-0.1, -0.05) is 12.8 Å². The Morgan fingerprint density at radius 3 is 2.64 bits per heavy atom. The second-order valence-corrected chi connectivity index (χ2v) is 7.95. The summed E-state index contributed by atoms with van der Waals surface area (Å²) in [7, 11) is 0. The Balaban J connectivity index is 1.50. The number of likely N-dealkylation sites (tertiary alicyclic amines) is 2. The third-order valence-corrected chi connectivity index (χ3v) is 6.24. The lowest BCUT2D eigenvalue weighted by Crippen LogP contribution is -2.57. The third kappa shape index (κ3) is 3.12. The maximum atomic E-state index is 12.7. The smallest absolute Gasteiger partial charge is 0.323 e. The summed E-state index contributed by atoms with van der Waals surface area (Å²) in [6.45, 7) is 2.17. The number of carbonyl (C=O) groups is 2. The molecule has 0 bridgehead atoms. The van der Waals surface area contributed by atoms with E-state index >= 15 is 0 Å². The van der Waals surface area contributed by atoms with Gasteiger partial charge in [0.05, 0.1) is 0 Å². The number of nitrogens with zero attached hydrogens (tertiary/aromatic N) is 2. The van der Waals surface area contributed by atoms with Crippen molar-refractivity contribution in [1.29, 1.82) is 0 Å². The van der Waals surface area contributed by atoms with Crippen LogP contribution in [-0.4, -0.2) is 57.3 Å². The van der Waals surface area contributed by atoms with Crippen LogP contribution in [0.1, 0.15) is 61.9 Å². The monoisotopic (exact) mass is 346 g/mol. The van der Waals surface area contributed by atoms with Crippen LogP contribution >= 0.6 is 0 Å². The fourth-order valence-corrected chi connectivity index (χ4v) is 4.93. The molecule has 136 valence electrons. The standard InChI is InChI=1S/C18H26N4O3/c23-15-6-8-18(12-22(15)13-4-1-2-5-13)7-3-9-21(11-18)16(24)14-10-19-17(25)20-14/h10,13H,1-9,11-12H2,(H2,19,20,25)/t18-/m0/s1. The maximum absolute atomic E-state index is 12.7. The maximum Gasteiger partial charge on any atom is 0.323 e. The quantitative estimate of drug-likeness (QED) is 0.850. The highest BCUT2D eigenvalue weighted by Gasteiger charge is 2.44. The van der Waals surface area contributed by atoms with E-state index in [4.69, 9.17) is 0 Å². The molecule has 2 saturated heterocycles. The van der Waals surface area contributed by atoms with Crippen molar-refractivity contribution in [2.75, 3.05) is 19.6 Å². The first kappa shape index (κ1) is 16.4. The normalized spacial score (nSPS) is 28.1. The summed E-state index contributed by atoms with van der Waals surface area (Å²) < 4.78 is 0. The molecule has 1 atom stereocenters. The number of nitrogens with one attached hydrogen (secondary N) is 2. The molecule has 3 heterocycles. The SMILES string of the molecule is O=C(c1c[nH]c(=O)[nH]1)N1CCC[C@]2(CCC(=O)N(C3CCCC3)C2)C1. The summed E-state index contributed by atoms with van der Waals surface area (Å²) >= 11 is 0. The second kappa shape index (κ2) is 6.35. The van der Waals surface area contributed by atoms with E-state index in [2.05, 4.69) is 14.9 Å². The van der Waals surface area contributed by atoms with Crippen LogP contribution in [0.5, 0.6) is 0 Å². The summed E-state index contributed by atoms with van der Waals surface area (Å²) in [5.41, 5.74) is -0.0200. The largest absolute Gasteiger partial charge is 0.339 e. The molecular weight excluding hydrogens is 320 g/mol. The van der Waals surface area contributed by atoms with Crippen LogP contribution < -0.4 is 5.69 Å². The highest BCUT2D eigenvalue weighted by Crippen LogP contribution is 2.41. The van der Waals surface area contributed by atoms with Gasteiger partial charge in [-0.05, 0) is 32.1 Å². The molecule has 2 amide bonds. The minimum atomic E-state index is -0.356. The van der Waals surface area contributed by atoms with Crippen LogP contribution in [0, 0.1) is 5.41 Å². The van der Waals surface area contributed by atoms with Gasteiger partial charge in [0.1, 0.15) is 5.69 Å².